The lowest BCUT2D eigenvalue weighted by Gasteiger charge is -2.07. The van der Waals surface area contributed by atoms with Crippen molar-refractivity contribution >= 4 is 29.0 Å². The Morgan fingerprint density at radius 1 is 1.07 bits per heavy atom. The molecule has 4 rings (SSSR count). The van der Waals surface area contributed by atoms with Crippen LogP contribution >= 0.6 is 11.8 Å². The van der Waals surface area contributed by atoms with Crippen LogP contribution in [0.5, 0.6) is 5.75 Å². The van der Waals surface area contributed by atoms with E-state index in [4.69, 9.17) is 4.74 Å². The number of imidazole rings is 1. The molecule has 0 bridgehead atoms. The summed E-state index contributed by atoms with van der Waals surface area (Å²) in [6, 6.07) is 20.8. The van der Waals surface area contributed by atoms with Gasteiger partial charge in [0.2, 0.25) is 0 Å². The number of hydrogen-bond donors (Lipinski definition) is 1. The van der Waals surface area contributed by atoms with Crippen molar-refractivity contribution in [2.75, 3.05) is 12.4 Å². The number of ether oxygens (including phenoxy) is 1. The molecule has 0 saturated heterocycles. The second kappa shape index (κ2) is 8.19. The summed E-state index contributed by atoms with van der Waals surface area (Å²) in [7, 11) is 1.61. The van der Waals surface area contributed by atoms with E-state index in [0.29, 0.717) is 5.56 Å². The van der Waals surface area contributed by atoms with Crippen molar-refractivity contribution in [1.82, 2.24) is 9.38 Å². The lowest BCUT2D eigenvalue weighted by atomic mass is 10.2. The van der Waals surface area contributed by atoms with E-state index in [1.807, 2.05) is 83.5 Å². The molecular formula is C22H19N3O2S. The van der Waals surface area contributed by atoms with Crippen LogP contribution in [-0.2, 0) is 5.75 Å². The number of carbonyl (C=O) groups excluding carboxylic acids is 1. The van der Waals surface area contributed by atoms with Gasteiger partial charge in [0, 0.05) is 34.3 Å². The highest BCUT2D eigenvalue weighted by molar-refractivity contribution is 7.98. The predicted molar refractivity (Wildman–Crippen MR) is 112 cm³/mol. The van der Waals surface area contributed by atoms with E-state index >= 15 is 0 Å². The summed E-state index contributed by atoms with van der Waals surface area (Å²) >= 11 is 1.70. The summed E-state index contributed by atoms with van der Waals surface area (Å²) in [5, 5.41) is 2.89. The van der Waals surface area contributed by atoms with Crippen molar-refractivity contribution in [3.8, 4) is 5.75 Å². The number of fused-ring (bicyclic) bond motifs is 1. The van der Waals surface area contributed by atoms with Crippen molar-refractivity contribution in [2.45, 2.75) is 10.6 Å². The average molecular weight is 389 g/mol. The molecule has 0 aliphatic heterocycles. The second-order valence-corrected chi connectivity index (χ2v) is 7.24. The number of rotatable bonds is 6. The first-order chi connectivity index (χ1) is 13.7. The smallest absolute Gasteiger partial charge is 0.255 e. The zero-order valence-corrected chi connectivity index (χ0v) is 16.1. The van der Waals surface area contributed by atoms with Gasteiger partial charge in [-0.15, -0.1) is 11.8 Å². The Labute approximate surface area is 167 Å². The Morgan fingerprint density at radius 3 is 2.57 bits per heavy atom. The van der Waals surface area contributed by atoms with E-state index in [-0.39, 0.29) is 5.91 Å². The first kappa shape index (κ1) is 18.1. The fourth-order valence-corrected chi connectivity index (χ4v) is 3.58. The van der Waals surface area contributed by atoms with Crippen molar-refractivity contribution in [3.63, 3.8) is 0 Å². The molecule has 0 fully saturated rings. The van der Waals surface area contributed by atoms with Crippen LogP contribution in [0.3, 0.4) is 0 Å². The SMILES string of the molecule is COc1ccc(NC(=O)c2ccc(SCc3cn4ccccc4n3)cc2)cc1. The molecule has 28 heavy (non-hydrogen) atoms. The van der Waals surface area contributed by atoms with Gasteiger partial charge in [0.15, 0.2) is 0 Å². The van der Waals surface area contributed by atoms with Gasteiger partial charge in [-0.25, -0.2) is 4.98 Å². The molecule has 1 amide bonds. The average Bonchev–Trinajstić information content (AvgIpc) is 3.16. The minimum absolute atomic E-state index is 0.137. The van der Waals surface area contributed by atoms with Gasteiger partial charge >= 0.3 is 0 Å². The second-order valence-electron chi connectivity index (χ2n) is 6.19. The molecule has 0 unspecified atom stereocenters. The molecule has 1 N–H and O–H groups in total. The Balaban J connectivity index is 1.36. The number of benzene rings is 2. The Hall–Kier alpha value is -3.25. The summed E-state index contributed by atoms with van der Waals surface area (Å²) in [4.78, 5) is 18.1. The van der Waals surface area contributed by atoms with Crippen LogP contribution < -0.4 is 10.1 Å². The molecule has 6 heteroatoms. The summed E-state index contributed by atoms with van der Waals surface area (Å²) < 4.78 is 7.14. The number of aromatic nitrogens is 2. The number of nitrogens with one attached hydrogen (secondary N) is 1. The number of pyridine rings is 1. The molecule has 2 heterocycles. The van der Waals surface area contributed by atoms with Crippen molar-refractivity contribution in [2.24, 2.45) is 0 Å². The molecular weight excluding hydrogens is 370 g/mol. The molecule has 0 aliphatic carbocycles. The van der Waals surface area contributed by atoms with Crippen LogP contribution in [0.4, 0.5) is 5.69 Å². The van der Waals surface area contributed by atoms with Gasteiger partial charge in [0.25, 0.3) is 5.91 Å². The van der Waals surface area contributed by atoms with Gasteiger partial charge in [-0.1, -0.05) is 6.07 Å². The summed E-state index contributed by atoms with van der Waals surface area (Å²) in [6.07, 6.45) is 4.03. The number of anilines is 1. The number of carbonyl (C=O) groups is 1. The number of methoxy groups -OCH3 is 1. The van der Waals surface area contributed by atoms with Crippen LogP contribution in [0, 0.1) is 0 Å². The highest BCUT2D eigenvalue weighted by Gasteiger charge is 2.07. The molecule has 0 saturated carbocycles. The van der Waals surface area contributed by atoms with Crippen LogP contribution in [0.2, 0.25) is 0 Å². The van der Waals surface area contributed by atoms with Gasteiger partial charge in [-0.3, -0.25) is 4.79 Å². The largest absolute Gasteiger partial charge is 0.497 e. The number of hydrogen-bond acceptors (Lipinski definition) is 4. The monoisotopic (exact) mass is 389 g/mol. The van der Waals surface area contributed by atoms with Crippen molar-refractivity contribution in [1.29, 1.82) is 0 Å². The Bertz CT molecular complexity index is 1060. The van der Waals surface area contributed by atoms with E-state index in [0.717, 1.165) is 33.4 Å². The third kappa shape index (κ3) is 4.18. The van der Waals surface area contributed by atoms with Gasteiger partial charge < -0.3 is 14.5 Å². The fourth-order valence-electron chi connectivity index (χ4n) is 2.79. The molecule has 2 aromatic heterocycles. The molecule has 4 aromatic rings. The van der Waals surface area contributed by atoms with Crippen LogP contribution in [-0.4, -0.2) is 22.4 Å². The zero-order valence-electron chi connectivity index (χ0n) is 15.3. The molecule has 0 atom stereocenters. The van der Waals surface area contributed by atoms with Crippen LogP contribution in [0.25, 0.3) is 5.65 Å². The van der Waals surface area contributed by atoms with Gasteiger partial charge in [0.05, 0.1) is 12.8 Å². The Kier molecular flexibility index (Phi) is 5.30. The summed E-state index contributed by atoms with van der Waals surface area (Å²) in [5.41, 5.74) is 3.32. The highest BCUT2D eigenvalue weighted by atomic mass is 32.2. The normalized spacial score (nSPS) is 10.8. The van der Waals surface area contributed by atoms with Crippen molar-refractivity contribution < 1.29 is 9.53 Å². The topological polar surface area (TPSA) is 55.6 Å². The summed E-state index contributed by atoms with van der Waals surface area (Å²) in [5.74, 6) is 1.39. The van der Waals surface area contributed by atoms with Gasteiger partial charge in [-0.2, -0.15) is 0 Å². The van der Waals surface area contributed by atoms with Gasteiger partial charge in [0.1, 0.15) is 11.4 Å². The van der Waals surface area contributed by atoms with Crippen LogP contribution in [0.1, 0.15) is 16.1 Å². The van der Waals surface area contributed by atoms with E-state index in [1.54, 1.807) is 18.9 Å². The molecule has 0 radical (unpaired) electrons. The molecule has 2 aromatic carbocycles. The number of thioether (sulfide) groups is 1. The Morgan fingerprint density at radius 2 is 1.86 bits per heavy atom. The predicted octanol–water partition coefficient (Wildman–Crippen LogP) is 4.89. The maximum Gasteiger partial charge on any atom is 0.255 e. The quantitative estimate of drug-likeness (QED) is 0.477. The van der Waals surface area contributed by atoms with Crippen LogP contribution in [0.15, 0.2) is 84.0 Å². The maximum absolute atomic E-state index is 12.4. The lowest BCUT2D eigenvalue weighted by molar-refractivity contribution is 0.102. The third-order valence-electron chi connectivity index (χ3n) is 4.26. The molecule has 5 nitrogen and oxygen atoms in total. The van der Waals surface area contributed by atoms with E-state index < -0.39 is 0 Å². The number of amides is 1. The lowest BCUT2D eigenvalue weighted by Crippen LogP contribution is -2.11. The third-order valence-corrected chi connectivity index (χ3v) is 5.31. The fraction of sp³-hybridized carbons (Fsp3) is 0.0909. The van der Waals surface area contributed by atoms with E-state index in [2.05, 4.69) is 10.3 Å². The minimum atomic E-state index is -0.137. The standard InChI is InChI=1S/C22H19N3O2S/c1-27-19-9-7-17(8-10-19)24-22(26)16-5-11-20(12-6-16)28-15-18-14-25-13-3-2-4-21(25)23-18/h2-14H,15H2,1H3,(H,24,26). The van der Waals surface area contributed by atoms with E-state index in [9.17, 15) is 4.79 Å². The van der Waals surface area contributed by atoms with Crippen molar-refractivity contribution in [3.05, 3.63) is 90.4 Å². The first-order valence-electron chi connectivity index (χ1n) is 8.82. The number of nitrogens with zero attached hydrogens (tertiary/aromatic N) is 2. The maximum atomic E-state index is 12.4. The molecule has 140 valence electrons. The molecule has 0 aliphatic rings. The molecule has 0 spiro atoms. The zero-order chi connectivity index (χ0) is 19.3. The summed E-state index contributed by atoms with van der Waals surface area (Å²) in [6.45, 7) is 0. The van der Waals surface area contributed by atoms with Gasteiger partial charge in [-0.05, 0) is 60.7 Å². The highest BCUT2D eigenvalue weighted by Crippen LogP contribution is 2.23. The minimum Gasteiger partial charge on any atom is -0.497 e. The first-order valence-corrected chi connectivity index (χ1v) is 9.81. The van der Waals surface area contributed by atoms with E-state index in [1.165, 1.54) is 0 Å².